The first kappa shape index (κ1) is 17.6. The Morgan fingerprint density at radius 3 is 2.11 bits per heavy atom. The minimum absolute atomic E-state index is 0.716. The van der Waals surface area contributed by atoms with E-state index in [1.165, 1.54) is 0 Å². The number of nitrogens with two attached hydrogens (primary N) is 2. The van der Waals surface area contributed by atoms with Gasteiger partial charge >= 0.3 is 0 Å². The van der Waals surface area contributed by atoms with Crippen LogP contribution in [0.15, 0.2) is 96.3 Å². The summed E-state index contributed by atoms with van der Waals surface area (Å²) in [5.41, 5.74) is 11.3. The molecule has 4 heteroatoms. The maximum Gasteiger partial charge on any atom is 0.196 e. The number of allylic oxidation sites excluding steroid dienone is 8. The minimum atomic E-state index is 0.716. The lowest BCUT2D eigenvalue weighted by molar-refractivity contribution is -0.110. The predicted octanol–water partition coefficient (Wildman–Crippen LogP) is 3.31. The zero-order valence-electron chi connectivity index (χ0n) is 15.6. The van der Waals surface area contributed by atoms with Crippen molar-refractivity contribution in [1.82, 2.24) is 0 Å². The monoisotopic (exact) mass is 369 g/mol. The van der Waals surface area contributed by atoms with Crippen molar-refractivity contribution in [3.8, 4) is 5.75 Å². The lowest BCUT2D eigenvalue weighted by atomic mass is 9.98. The smallest absolute Gasteiger partial charge is 0.196 e. The van der Waals surface area contributed by atoms with Crippen LogP contribution in [0.1, 0.15) is 11.1 Å². The van der Waals surface area contributed by atoms with Gasteiger partial charge in [0.05, 0.1) is 7.11 Å². The van der Waals surface area contributed by atoms with E-state index in [0.29, 0.717) is 11.4 Å². The highest BCUT2D eigenvalue weighted by Crippen LogP contribution is 2.34. The number of hydrogen-bond donors (Lipinski definition) is 2. The Kier molecular flexibility index (Phi) is 4.68. The highest BCUT2D eigenvalue weighted by atomic mass is 16.5. The molecule has 4 N–H and O–H groups in total. The molecule has 2 aromatic rings. The Morgan fingerprint density at radius 1 is 0.821 bits per heavy atom. The minimum Gasteiger partial charge on any atom is -0.497 e. The fourth-order valence-electron chi connectivity index (χ4n) is 3.03. The Balaban J connectivity index is 1.80. The quantitative estimate of drug-likeness (QED) is 0.816. The summed E-state index contributed by atoms with van der Waals surface area (Å²) < 4.78 is 11.5. The molecule has 1 aliphatic carbocycles. The molecule has 4 rings (SSSR count). The summed E-state index contributed by atoms with van der Waals surface area (Å²) in [7, 11) is 1.66. The predicted molar refractivity (Wildman–Crippen MR) is 113 cm³/mol. The molecule has 0 spiro atoms. The van der Waals surface area contributed by atoms with Crippen molar-refractivity contribution in [3.63, 3.8) is 0 Å². The van der Waals surface area contributed by atoms with Gasteiger partial charge in [0.1, 0.15) is 17.3 Å². The van der Waals surface area contributed by atoms with E-state index in [9.17, 15) is 0 Å². The van der Waals surface area contributed by atoms with Crippen LogP contribution in [0.4, 0.5) is 5.69 Å². The Bertz CT molecular complexity index is 1050. The van der Waals surface area contributed by atoms with E-state index in [0.717, 1.165) is 39.5 Å². The van der Waals surface area contributed by atoms with Crippen LogP contribution in [0.2, 0.25) is 0 Å². The van der Waals surface area contributed by atoms with Crippen LogP contribution in [0, 0.1) is 0 Å². The number of methoxy groups -OCH3 is 1. The van der Waals surface area contributed by atoms with Gasteiger partial charge in [0.15, 0.2) is 5.71 Å². The van der Waals surface area contributed by atoms with Gasteiger partial charge in [-0.2, -0.15) is 0 Å². The van der Waals surface area contributed by atoms with Crippen molar-refractivity contribution in [3.05, 3.63) is 107 Å². The van der Waals surface area contributed by atoms with Gasteiger partial charge in [-0.15, -0.1) is 0 Å². The van der Waals surface area contributed by atoms with Gasteiger partial charge in [-0.3, -0.25) is 5.41 Å². The second-order valence-electron chi connectivity index (χ2n) is 6.55. The molecule has 2 aliphatic rings. The molecule has 4 nitrogen and oxygen atoms in total. The van der Waals surface area contributed by atoms with E-state index in [4.69, 9.17) is 20.6 Å². The number of benzene rings is 2. The molecule has 2 aromatic carbocycles. The molecule has 28 heavy (non-hydrogen) atoms. The molecule has 1 heterocycles. The molecular weight excluding hydrogens is 348 g/mol. The molecule has 138 valence electrons. The Labute approximate surface area is 164 Å². The Hall–Kier alpha value is -3.79. The van der Waals surface area contributed by atoms with Gasteiger partial charge in [-0.05, 0) is 71.8 Å². The van der Waals surface area contributed by atoms with Crippen LogP contribution in [-0.2, 0) is 4.74 Å². The first-order valence-corrected chi connectivity index (χ1v) is 8.97. The molecule has 0 atom stereocenters. The van der Waals surface area contributed by atoms with E-state index in [-0.39, 0.29) is 0 Å². The maximum absolute atomic E-state index is 6.23. The van der Waals surface area contributed by atoms with Gasteiger partial charge in [0.25, 0.3) is 0 Å². The third-order valence-electron chi connectivity index (χ3n) is 4.61. The van der Waals surface area contributed by atoms with Crippen LogP contribution >= 0.6 is 0 Å². The first-order chi connectivity index (χ1) is 13.6. The number of ether oxygens (including phenoxy) is 2. The molecule has 0 saturated heterocycles. The lowest BCUT2D eigenvalue weighted by Gasteiger charge is -2.20. The van der Waals surface area contributed by atoms with Crippen LogP contribution in [0.25, 0.3) is 11.3 Å². The van der Waals surface area contributed by atoms with Gasteiger partial charge in [-0.1, -0.05) is 12.1 Å². The topological polar surface area (TPSA) is 70.1 Å². The summed E-state index contributed by atoms with van der Waals surface area (Å²) in [4.78, 5) is 0. The van der Waals surface area contributed by atoms with Crippen molar-refractivity contribution in [2.45, 2.75) is 0 Å². The van der Waals surface area contributed by atoms with Crippen LogP contribution in [0.5, 0.6) is 5.75 Å². The van der Waals surface area contributed by atoms with E-state index in [1.54, 1.807) is 7.11 Å². The van der Waals surface area contributed by atoms with Gasteiger partial charge in [-0.25, -0.2) is 0 Å². The summed E-state index contributed by atoms with van der Waals surface area (Å²) in [5, 5.41) is 5.83. The van der Waals surface area contributed by atoms with Crippen molar-refractivity contribution in [2.24, 2.45) is 0 Å². The van der Waals surface area contributed by atoms with Gasteiger partial charge in [0.2, 0.25) is 0 Å². The fourth-order valence-corrected chi connectivity index (χ4v) is 3.03. The largest absolute Gasteiger partial charge is 0.497 e. The molecule has 0 bridgehead atoms. The molecule has 0 unspecified atom stereocenters. The van der Waals surface area contributed by atoms with E-state index >= 15 is 0 Å². The number of anilines is 1. The summed E-state index contributed by atoms with van der Waals surface area (Å²) in [5.74, 6) is 2.35. The Morgan fingerprint density at radius 2 is 1.46 bits per heavy atom. The molecule has 1 aliphatic heterocycles. The zero-order chi connectivity index (χ0) is 19.5. The number of rotatable bonds is 3. The summed E-state index contributed by atoms with van der Waals surface area (Å²) >= 11 is 0. The van der Waals surface area contributed by atoms with Crippen LogP contribution in [0.3, 0.4) is 0 Å². The van der Waals surface area contributed by atoms with Crippen LogP contribution in [-0.4, -0.2) is 12.8 Å². The lowest BCUT2D eigenvalue weighted by Crippen LogP contribution is -2.37. The maximum atomic E-state index is 6.23. The van der Waals surface area contributed by atoms with Crippen molar-refractivity contribution < 1.29 is 14.9 Å². The van der Waals surface area contributed by atoms with E-state index < -0.39 is 0 Å². The second kappa shape index (κ2) is 7.45. The second-order valence-corrected chi connectivity index (χ2v) is 6.55. The van der Waals surface area contributed by atoms with Crippen molar-refractivity contribution in [1.29, 1.82) is 0 Å². The standard InChI is InChI=1S/C24H20N2O2/c1-27-22-12-6-16(7-13-22)19-14-23(17-2-8-20(25)9-3-17)28-24(15-19)18-4-10-21(26)11-5-18/h2-15,25H,26H2,1H3/p+1. The third kappa shape index (κ3) is 3.67. The van der Waals surface area contributed by atoms with Gasteiger partial charge in [0, 0.05) is 29.0 Å². The molecule has 0 fully saturated rings. The normalized spacial score (nSPS) is 15.8. The third-order valence-corrected chi connectivity index (χ3v) is 4.61. The number of hydrogen-bond acceptors (Lipinski definition) is 3. The molecule has 0 amide bonds. The van der Waals surface area contributed by atoms with Gasteiger partial charge < -0.3 is 15.2 Å². The van der Waals surface area contributed by atoms with E-state index in [1.807, 2.05) is 85.0 Å². The molecular formula is C24H21N2O2+. The average molecular weight is 369 g/mol. The highest BCUT2D eigenvalue weighted by Gasteiger charge is 2.17. The summed E-state index contributed by atoms with van der Waals surface area (Å²) in [6.45, 7) is 0. The molecule has 0 saturated carbocycles. The molecule has 0 radical (unpaired) electrons. The first-order valence-electron chi connectivity index (χ1n) is 8.97. The fraction of sp³-hybridized carbons (Fsp3) is 0.0417. The number of nitrogen functional groups attached to an aromatic ring is 1. The summed E-state index contributed by atoms with van der Waals surface area (Å²) in [6, 6.07) is 15.6. The summed E-state index contributed by atoms with van der Waals surface area (Å²) in [6.07, 6.45) is 11.7. The van der Waals surface area contributed by atoms with Crippen molar-refractivity contribution in [2.75, 3.05) is 12.8 Å². The highest BCUT2D eigenvalue weighted by molar-refractivity contribution is 6.01. The SMILES string of the molecule is COc1ccc(C2=CC(=C3C=CC(=[NH2+])C=C3)OC(c3ccc(N)cc3)=C2)cc1. The zero-order valence-corrected chi connectivity index (χ0v) is 15.6. The van der Waals surface area contributed by atoms with Crippen molar-refractivity contribution >= 4 is 22.7 Å². The molecule has 0 aromatic heterocycles. The average Bonchev–Trinajstić information content (AvgIpc) is 2.74. The van der Waals surface area contributed by atoms with Crippen LogP contribution < -0.4 is 15.9 Å². The van der Waals surface area contributed by atoms with E-state index in [2.05, 4.69) is 0 Å².